The summed E-state index contributed by atoms with van der Waals surface area (Å²) < 4.78 is 13.2. The Bertz CT molecular complexity index is 649. The molecular weight excluding hydrogens is 341 g/mol. The van der Waals surface area contributed by atoms with Crippen LogP contribution in [0.4, 0.5) is 4.39 Å². The van der Waals surface area contributed by atoms with Crippen molar-refractivity contribution in [3.8, 4) is 0 Å². The summed E-state index contributed by atoms with van der Waals surface area (Å²) in [5.74, 6) is -0.226. The predicted molar refractivity (Wildman–Crippen MR) is 102 cm³/mol. The van der Waals surface area contributed by atoms with E-state index in [2.05, 4.69) is 28.6 Å². The molecule has 128 valence electrons. The van der Waals surface area contributed by atoms with Gasteiger partial charge in [0.25, 0.3) is 0 Å². The SMILES string of the molecule is CN1CCC(NC(=S)NC(c2ccc(F)cc2)c2cccs2)CC1. The fraction of sp³-hybridized carbons (Fsp3) is 0.389. The zero-order valence-electron chi connectivity index (χ0n) is 13.7. The summed E-state index contributed by atoms with van der Waals surface area (Å²) in [6.45, 7) is 2.18. The molecule has 1 saturated heterocycles. The molecule has 1 aliphatic heterocycles. The van der Waals surface area contributed by atoms with E-state index in [4.69, 9.17) is 12.2 Å². The fourth-order valence-corrected chi connectivity index (χ4v) is 4.03. The number of likely N-dealkylation sites (tertiary alicyclic amines) is 1. The first-order valence-electron chi connectivity index (χ1n) is 8.16. The Morgan fingerprint density at radius 1 is 1.25 bits per heavy atom. The van der Waals surface area contributed by atoms with Gasteiger partial charge in [-0.25, -0.2) is 4.39 Å². The van der Waals surface area contributed by atoms with Gasteiger partial charge in [0.2, 0.25) is 0 Å². The molecule has 0 spiro atoms. The van der Waals surface area contributed by atoms with E-state index < -0.39 is 0 Å². The summed E-state index contributed by atoms with van der Waals surface area (Å²) in [4.78, 5) is 3.50. The fourth-order valence-electron chi connectivity index (χ4n) is 2.94. The number of nitrogens with zero attached hydrogens (tertiary/aromatic N) is 1. The van der Waals surface area contributed by atoms with E-state index in [1.165, 1.54) is 12.1 Å². The van der Waals surface area contributed by atoms with Crippen molar-refractivity contribution in [2.75, 3.05) is 20.1 Å². The third-order valence-corrected chi connectivity index (χ3v) is 5.53. The van der Waals surface area contributed by atoms with Crippen molar-refractivity contribution in [3.63, 3.8) is 0 Å². The van der Waals surface area contributed by atoms with Crippen molar-refractivity contribution in [2.24, 2.45) is 0 Å². The topological polar surface area (TPSA) is 27.3 Å². The average Bonchev–Trinajstić information content (AvgIpc) is 3.10. The molecule has 2 N–H and O–H groups in total. The molecule has 0 saturated carbocycles. The second kappa shape index (κ2) is 8.05. The molecule has 0 amide bonds. The highest BCUT2D eigenvalue weighted by molar-refractivity contribution is 7.80. The van der Waals surface area contributed by atoms with Gasteiger partial charge in [-0.05, 0) is 74.3 Å². The summed E-state index contributed by atoms with van der Waals surface area (Å²) in [6, 6.07) is 11.1. The zero-order chi connectivity index (χ0) is 16.9. The van der Waals surface area contributed by atoms with Gasteiger partial charge in [-0.2, -0.15) is 0 Å². The molecule has 1 fully saturated rings. The molecule has 1 aromatic carbocycles. The molecule has 0 bridgehead atoms. The molecule has 1 unspecified atom stereocenters. The number of nitrogens with one attached hydrogen (secondary N) is 2. The number of benzene rings is 1. The Balaban J connectivity index is 1.68. The van der Waals surface area contributed by atoms with Crippen LogP contribution in [0.15, 0.2) is 41.8 Å². The molecule has 24 heavy (non-hydrogen) atoms. The monoisotopic (exact) mass is 363 g/mol. The molecule has 0 aliphatic carbocycles. The minimum absolute atomic E-state index is 0.0585. The summed E-state index contributed by atoms with van der Waals surface area (Å²) in [6.07, 6.45) is 2.19. The van der Waals surface area contributed by atoms with Crippen LogP contribution in [-0.2, 0) is 0 Å². The van der Waals surface area contributed by atoms with Crippen LogP contribution < -0.4 is 10.6 Å². The van der Waals surface area contributed by atoms with Crippen molar-refractivity contribution in [1.29, 1.82) is 0 Å². The maximum absolute atomic E-state index is 13.2. The maximum Gasteiger partial charge on any atom is 0.167 e. The lowest BCUT2D eigenvalue weighted by atomic mass is 10.0. The highest BCUT2D eigenvalue weighted by atomic mass is 32.1. The molecule has 1 aliphatic rings. The maximum atomic E-state index is 13.2. The molecule has 3 nitrogen and oxygen atoms in total. The van der Waals surface area contributed by atoms with Crippen LogP contribution in [0.3, 0.4) is 0 Å². The largest absolute Gasteiger partial charge is 0.360 e. The Hall–Kier alpha value is -1.50. The van der Waals surface area contributed by atoms with E-state index in [0.717, 1.165) is 36.4 Å². The van der Waals surface area contributed by atoms with Gasteiger partial charge >= 0.3 is 0 Å². The van der Waals surface area contributed by atoms with Gasteiger partial charge in [0, 0.05) is 10.9 Å². The molecule has 6 heteroatoms. The van der Waals surface area contributed by atoms with Gasteiger partial charge in [-0.3, -0.25) is 0 Å². The molecule has 1 aromatic heterocycles. The van der Waals surface area contributed by atoms with Crippen LogP contribution in [0, 0.1) is 5.82 Å². The van der Waals surface area contributed by atoms with Crippen molar-refractivity contribution in [2.45, 2.75) is 24.9 Å². The Morgan fingerprint density at radius 3 is 2.58 bits per heavy atom. The van der Waals surface area contributed by atoms with E-state index in [1.54, 1.807) is 11.3 Å². The summed E-state index contributed by atoms with van der Waals surface area (Å²) in [5.41, 5.74) is 1.01. The van der Waals surface area contributed by atoms with Gasteiger partial charge in [0.15, 0.2) is 5.11 Å². The van der Waals surface area contributed by atoms with Crippen LogP contribution in [0.2, 0.25) is 0 Å². The number of rotatable bonds is 4. The van der Waals surface area contributed by atoms with E-state index >= 15 is 0 Å². The standard InChI is InChI=1S/C18H22FN3S2/c1-22-10-8-15(9-11-22)20-18(23)21-17(16-3-2-12-24-16)13-4-6-14(19)7-5-13/h2-7,12,15,17H,8-11H2,1H3,(H2,20,21,23). The van der Waals surface area contributed by atoms with Crippen LogP contribution in [0.1, 0.15) is 29.3 Å². The van der Waals surface area contributed by atoms with Crippen molar-refractivity contribution in [1.82, 2.24) is 15.5 Å². The molecule has 0 radical (unpaired) electrons. The van der Waals surface area contributed by atoms with E-state index in [-0.39, 0.29) is 11.9 Å². The summed E-state index contributed by atoms with van der Waals surface area (Å²) in [7, 11) is 2.15. The van der Waals surface area contributed by atoms with Gasteiger partial charge in [-0.15, -0.1) is 11.3 Å². The smallest absolute Gasteiger partial charge is 0.167 e. The number of hydrogen-bond donors (Lipinski definition) is 2. The number of piperidine rings is 1. The lowest BCUT2D eigenvalue weighted by Gasteiger charge is -2.31. The third kappa shape index (κ3) is 4.53. The van der Waals surface area contributed by atoms with Crippen LogP contribution in [-0.4, -0.2) is 36.2 Å². The van der Waals surface area contributed by atoms with Gasteiger partial charge in [0.1, 0.15) is 5.82 Å². The summed E-state index contributed by atoms with van der Waals surface area (Å²) in [5, 5.41) is 9.55. The average molecular weight is 364 g/mol. The van der Waals surface area contributed by atoms with E-state index in [1.807, 2.05) is 23.6 Å². The molecular formula is C18H22FN3S2. The van der Waals surface area contributed by atoms with Gasteiger partial charge in [-0.1, -0.05) is 18.2 Å². The molecule has 1 atom stereocenters. The number of thiocarbonyl (C=S) groups is 1. The normalized spacial score (nSPS) is 17.4. The second-order valence-electron chi connectivity index (χ2n) is 6.20. The minimum Gasteiger partial charge on any atom is -0.360 e. The predicted octanol–water partition coefficient (Wildman–Crippen LogP) is 3.53. The lowest BCUT2D eigenvalue weighted by molar-refractivity contribution is 0.246. The Kier molecular flexibility index (Phi) is 5.81. The molecule has 2 heterocycles. The van der Waals surface area contributed by atoms with Gasteiger partial charge in [0.05, 0.1) is 6.04 Å². The highest BCUT2D eigenvalue weighted by Gasteiger charge is 2.20. The number of halogens is 1. The van der Waals surface area contributed by atoms with E-state index in [0.29, 0.717) is 11.2 Å². The first-order valence-corrected chi connectivity index (χ1v) is 9.45. The number of thiophene rings is 1. The van der Waals surface area contributed by atoms with Crippen LogP contribution in [0.5, 0.6) is 0 Å². The quantitative estimate of drug-likeness (QED) is 0.813. The van der Waals surface area contributed by atoms with Crippen LogP contribution >= 0.6 is 23.6 Å². The first kappa shape index (κ1) is 17.3. The van der Waals surface area contributed by atoms with Crippen molar-refractivity contribution < 1.29 is 4.39 Å². The number of hydrogen-bond acceptors (Lipinski definition) is 3. The lowest BCUT2D eigenvalue weighted by Crippen LogP contribution is -2.47. The van der Waals surface area contributed by atoms with Gasteiger partial charge < -0.3 is 15.5 Å². The van der Waals surface area contributed by atoms with Crippen LogP contribution in [0.25, 0.3) is 0 Å². The van der Waals surface area contributed by atoms with Crippen molar-refractivity contribution >= 4 is 28.7 Å². The Morgan fingerprint density at radius 2 is 1.96 bits per heavy atom. The second-order valence-corrected chi connectivity index (χ2v) is 7.58. The van der Waals surface area contributed by atoms with E-state index in [9.17, 15) is 4.39 Å². The first-order chi connectivity index (χ1) is 11.6. The highest BCUT2D eigenvalue weighted by Crippen LogP contribution is 2.26. The minimum atomic E-state index is -0.226. The third-order valence-electron chi connectivity index (χ3n) is 4.36. The Labute approximate surface area is 151 Å². The summed E-state index contributed by atoms with van der Waals surface area (Å²) >= 11 is 7.20. The zero-order valence-corrected chi connectivity index (χ0v) is 15.3. The molecule has 3 rings (SSSR count). The molecule has 2 aromatic rings. The van der Waals surface area contributed by atoms with Crippen molar-refractivity contribution in [3.05, 3.63) is 58.0 Å².